The summed E-state index contributed by atoms with van der Waals surface area (Å²) in [6.07, 6.45) is 6.01. The Morgan fingerprint density at radius 2 is 2.03 bits per heavy atom. The number of pyridine rings is 1. The maximum atomic E-state index is 13.3. The maximum Gasteiger partial charge on any atom is 0.322 e. The van der Waals surface area contributed by atoms with Crippen molar-refractivity contribution in [2.24, 2.45) is 5.92 Å². The lowest BCUT2D eigenvalue weighted by Crippen LogP contribution is -2.46. The van der Waals surface area contributed by atoms with Gasteiger partial charge in [0.25, 0.3) is 11.8 Å². The van der Waals surface area contributed by atoms with E-state index in [-0.39, 0.29) is 30.9 Å². The molecule has 2 fully saturated rings. The van der Waals surface area contributed by atoms with Gasteiger partial charge in [-0.25, -0.2) is 9.78 Å². The third-order valence-electron chi connectivity index (χ3n) is 8.64. The minimum absolute atomic E-state index is 0.0596. The van der Waals surface area contributed by atoms with Crippen LogP contribution in [0.3, 0.4) is 0 Å². The van der Waals surface area contributed by atoms with Crippen LogP contribution in [0, 0.1) is 5.92 Å². The fourth-order valence-electron chi connectivity index (χ4n) is 6.27. The van der Waals surface area contributed by atoms with Crippen LogP contribution < -0.4 is 20.9 Å². The Balaban J connectivity index is 1.23. The van der Waals surface area contributed by atoms with Crippen molar-refractivity contribution in [3.8, 4) is 0 Å². The number of hydrogen-bond acceptors (Lipinski definition) is 8. The van der Waals surface area contributed by atoms with Crippen LogP contribution in [-0.2, 0) is 19.9 Å². The largest absolute Gasteiger partial charge is 0.456 e. The van der Waals surface area contributed by atoms with Gasteiger partial charge in [-0.15, -0.1) is 0 Å². The molecule has 3 unspecified atom stereocenters. The summed E-state index contributed by atoms with van der Waals surface area (Å²) >= 11 is 0. The fourth-order valence-corrected chi connectivity index (χ4v) is 6.27. The normalized spacial score (nSPS) is 27.5. The first-order valence-electron chi connectivity index (χ1n) is 13.5. The number of carbonyl (C=O) groups is 3. The highest BCUT2D eigenvalue weighted by Gasteiger charge is 2.51. The third kappa shape index (κ3) is 4.29. The molecule has 0 spiro atoms. The van der Waals surface area contributed by atoms with Crippen LogP contribution in [0.4, 0.5) is 10.6 Å². The predicted molar refractivity (Wildman–Crippen MR) is 144 cm³/mol. The Morgan fingerprint density at radius 1 is 1.23 bits per heavy atom. The number of nitrogens with one attached hydrogen (secondary N) is 3. The minimum atomic E-state index is -1.44. The van der Waals surface area contributed by atoms with Crippen LogP contribution in [0.5, 0.6) is 0 Å². The van der Waals surface area contributed by atoms with Gasteiger partial charge in [-0.2, -0.15) is 0 Å². The van der Waals surface area contributed by atoms with E-state index in [9.17, 15) is 14.4 Å². The number of urea groups is 1. The summed E-state index contributed by atoms with van der Waals surface area (Å²) in [5.41, 5.74) is 1.42. The Morgan fingerprint density at radius 3 is 2.72 bits per heavy atom. The second kappa shape index (κ2) is 9.80. The van der Waals surface area contributed by atoms with Crippen molar-refractivity contribution in [3.05, 3.63) is 47.3 Å². The molecule has 4 aliphatic rings. The van der Waals surface area contributed by atoms with E-state index in [1.807, 2.05) is 38.3 Å². The highest BCUT2D eigenvalue weighted by atomic mass is 16.5. The zero-order valence-electron chi connectivity index (χ0n) is 22.5. The number of hydrogen-bond donors (Lipinski definition) is 3. The van der Waals surface area contributed by atoms with Crippen molar-refractivity contribution >= 4 is 34.8 Å². The Kier molecular flexibility index (Phi) is 6.43. The molecule has 3 atom stereocenters. The molecule has 0 aromatic carbocycles. The molecule has 2 aromatic rings. The van der Waals surface area contributed by atoms with Gasteiger partial charge in [-0.3, -0.25) is 14.9 Å². The Labute approximate surface area is 226 Å². The third-order valence-corrected chi connectivity index (χ3v) is 8.64. The topological polar surface area (TPSA) is 129 Å². The number of nitrogens with zero attached hydrogens (tertiary/aromatic N) is 3. The van der Waals surface area contributed by atoms with Crippen molar-refractivity contribution in [2.75, 3.05) is 45.2 Å². The molecule has 3 aliphatic heterocycles. The smallest absolute Gasteiger partial charge is 0.322 e. The SMILES string of the molecule is CNC1CCN(c2ccc3oc(C4(CCN5CC6=C(C5=O)C(C)C(OC)C=C6)NC(=O)NC4=O)cc3n2)CC1. The summed E-state index contributed by atoms with van der Waals surface area (Å²) in [6, 6.07) is 5.43. The average molecular weight is 535 g/mol. The van der Waals surface area contributed by atoms with Gasteiger partial charge in [0.2, 0.25) is 0 Å². The van der Waals surface area contributed by atoms with E-state index in [1.54, 1.807) is 18.1 Å². The van der Waals surface area contributed by atoms with Crippen LogP contribution in [0.15, 0.2) is 45.9 Å². The van der Waals surface area contributed by atoms with E-state index in [1.165, 1.54) is 0 Å². The first kappa shape index (κ1) is 25.6. The van der Waals surface area contributed by atoms with E-state index in [2.05, 4.69) is 20.9 Å². The summed E-state index contributed by atoms with van der Waals surface area (Å²) < 4.78 is 11.6. The number of imide groups is 1. The van der Waals surface area contributed by atoms with Crippen molar-refractivity contribution in [1.82, 2.24) is 25.8 Å². The second-order valence-corrected chi connectivity index (χ2v) is 10.8. The summed E-state index contributed by atoms with van der Waals surface area (Å²) in [5, 5.41) is 8.48. The zero-order valence-corrected chi connectivity index (χ0v) is 22.5. The number of fused-ring (bicyclic) bond motifs is 1. The number of rotatable bonds is 7. The minimum Gasteiger partial charge on any atom is -0.456 e. The van der Waals surface area contributed by atoms with E-state index >= 15 is 0 Å². The van der Waals surface area contributed by atoms with Crippen LogP contribution in [0.25, 0.3) is 11.1 Å². The van der Waals surface area contributed by atoms with E-state index < -0.39 is 17.5 Å². The number of amides is 4. The molecule has 1 aliphatic carbocycles. The number of methoxy groups -OCH3 is 1. The first-order valence-corrected chi connectivity index (χ1v) is 13.5. The fraction of sp³-hybridized carbons (Fsp3) is 0.500. The van der Waals surface area contributed by atoms with Crippen molar-refractivity contribution in [1.29, 1.82) is 0 Å². The molecule has 6 rings (SSSR count). The van der Waals surface area contributed by atoms with Crippen LogP contribution in [0.2, 0.25) is 0 Å². The van der Waals surface area contributed by atoms with Gasteiger partial charge >= 0.3 is 6.03 Å². The monoisotopic (exact) mass is 534 g/mol. The van der Waals surface area contributed by atoms with Crippen LogP contribution in [0.1, 0.15) is 31.9 Å². The number of furan rings is 1. The summed E-state index contributed by atoms with van der Waals surface area (Å²) in [6.45, 7) is 4.50. The van der Waals surface area contributed by atoms with E-state index in [4.69, 9.17) is 14.1 Å². The molecular formula is C28H34N6O5. The molecule has 0 bridgehead atoms. The predicted octanol–water partition coefficient (Wildman–Crippen LogP) is 1.80. The van der Waals surface area contributed by atoms with Crippen LogP contribution in [-0.4, -0.2) is 80.2 Å². The highest BCUT2D eigenvalue weighted by Crippen LogP contribution is 2.37. The molecule has 0 saturated carbocycles. The molecule has 39 heavy (non-hydrogen) atoms. The first-order chi connectivity index (χ1) is 18.8. The summed E-state index contributed by atoms with van der Waals surface area (Å²) in [5.74, 6) is 0.529. The number of ether oxygens (including phenoxy) is 1. The lowest BCUT2D eigenvalue weighted by atomic mass is 9.87. The highest BCUT2D eigenvalue weighted by molar-refractivity contribution is 6.07. The van der Waals surface area contributed by atoms with Crippen LogP contribution >= 0.6 is 0 Å². The van der Waals surface area contributed by atoms with Gasteiger partial charge in [0, 0.05) is 63.3 Å². The van der Waals surface area contributed by atoms with Gasteiger partial charge in [0.15, 0.2) is 11.1 Å². The van der Waals surface area contributed by atoms with Crippen molar-refractivity contribution in [3.63, 3.8) is 0 Å². The Hall–Kier alpha value is -3.70. The van der Waals surface area contributed by atoms with Gasteiger partial charge < -0.3 is 29.6 Å². The molecule has 11 nitrogen and oxygen atoms in total. The molecule has 2 saturated heterocycles. The lowest BCUT2D eigenvalue weighted by molar-refractivity contribution is -0.129. The molecule has 5 heterocycles. The quantitative estimate of drug-likeness (QED) is 0.459. The molecular weight excluding hydrogens is 500 g/mol. The molecule has 206 valence electrons. The average Bonchev–Trinajstić information content (AvgIpc) is 3.60. The Bertz CT molecular complexity index is 1390. The number of piperidine rings is 1. The standard InChI is InChI=1S/C28H34N6O5/c1-16-20(38-3)5-4-17-15-34(25(35)24(16)17)13-10-28(26(36)31-27(37)32-28)22-14-19-21(39-22)6-7-23(30-19)33-11-8-18(29-2)9-12-33/h4-7,14,16,18,20,29H,8-13,15H2,1-3H3,(H2,31,32,36,37). The van der Waals surface area contributed by atoms with Gasteiger partial charge in [-0.1, -0.05) is 19.1 Å². The molecule has 11 heteroatoms. The number of aromatic nitrogens is 1. The molecule has 3 N–H and O–H groups in total. The van der Waals surface area contributed by atoms with Gasteiger partial charge in [0.1, 0.15) is 17.1 Å². The molecule has 2 aromatic heterocycles. The van der Waals surface area contributed by atoms with E-state index in [0.29, 0.717) is 29.4 Å². The maximum absolute atomic E-state index is 13.3. The molecule has 0 radical (unpaired) electrons. The van der Waals surface area contributed by atoms with Crippen molar-refractivity contribution in [2.45, 2.75) is 43.9 Å². The number of carbonyl (C=O) groups excluding carboxylic acids is 3. The van der Waals surface area contributed by atoms with Gasteiger partial charge in [-0.05, 0) is 37.6 Å². The molecule has 4 amide bonds. The van der Waals surface area contributed by atoms with E-state index in [0.717, 1.165) is 42.9 Å². The zero-order chi connectivity index (χ0) is 27.3. The van der Waals surface area contributed by atoms with Crippen molar-refractivity contribution < 1.29 is 23.5 Å². The second-order valence-electron chi connectivity index (χ2n) is 10.8. The summed E-state index contributed by atoms with van der Waals surface area (Å²) in [7, 11) is 3.63. The van der Waals surface area contributed by atoms with Gasteiger partial charge in [0.05, 0.1) is 6.10 Å². The summed E-state index contributed by atoms with van der Waals surface area (Å²) in [4.78, 5) is 47.6. The lowest BCUT2D eigenvalue weighted by Gasteiger charge is -2.32. The number of anilines is 1.